The molecule has 0 aliphatic heterocycles. The minimum Gasteiger partial charge on any atom is -0.0753 e. The van der Waals surface area contributed by atoms with Crippen LogP contribution in [-0.4, -0.2) is 0 Å². The molecule has 0 fully saturated rings. The third kappa shape index (κ3) is 4.16. The van der Waals surface area contributed by atoms with E-state index < -0.39 is 0 Å². The molecule has 0 spiro atoms. The second-order valence-electron chi connectivity index (χ2n) is 13.2. The van der Waals surface area contributed by atoms with Gasteiger partial charge in [0.05, 0.1) is 0 Å². The van der Waals surface area contributed by atoms with Crippen LogP contribution in [0.3, 0.4) is 0 Å². The maximum absolute atomic E-state index is 2.53. The van der Waals surface area contributed by atoms with Gasteiger partial charge in [-0.25, -0.2) is 0 Å². The van der Waals surface area contributed by atoms with Gasteiger partial charge in [-0.3, -0.25) is 0 Å². The monoisotopic (exact) mass is 608 g/mol. The van der Waals surface area contributed by atoms with E-state index in [4.69, 9.17) is 0 Å². The number of rotatable bonds is 4. The van der Waals surface area contributed by atoms with Crippen LogP contribution < -0.4 is 0 Å². The summed E-state index contributed by atoms with van der Waals surface area (Å²) in [6, 6.07) is 55.7. The average Bonchev–Trinajstić information content (AvgIpc) is 3.17. The van der Waals surface area contributed by atoms with Crippen molar-refractivity contribution in [3.05, 3.63) is 209 Å². The third-order valence-corrected chi connectivity index (χ3v) is 10.6. The Labute approximate surface area is 281 Å². The second kappa shape index (κ2) is 10.8. The molecule has 0 N–H and O–H groups in total. The summed E-state index contributed by atoms with van der Waals surface area (Å²) < 4.78 is 0. The Bertz CT molecular complexity index is 2550. The van der Waals surface area contributed by atoms with Crippen LogP contribution in [0.2, 0.25) is 0 Å². The molecule has 10 rings (SSSR count). The molecule has 3 aliphatic rings. The SMILES string of the molecule is C1=Cc2c(-c3cccc4ccccc34)cc(-c3ccccc3)c3c2C2C(=CC3)C(c3ccc4ccccc4c3)=CC(c3ccccc3)=C12. The predicted molar refractivity (Wildman–Crippen MR) is 204 cm³/mol. The lowest BCUT2D eigenvalue weighted by atomic mass is 9.64. The molecule has 0 saturated heterocycles. The van der Waals surface area contributed by atoms with Gasteiger partial charge in [-0.1, -0.05) is 158 Å². The van der Waals surface area contributed by atoms with Crippen LogP contribution in [0.5, 0.6) is 0 Å². The van der Waals surface area contributed by atoms with E-state index in [2.05, 4.69) is 176 Å². The Kier molecular flexibility index (Phi) is 6.11. The molecule has 224 valence electrons. The van der Waals surface area contributed by atoms with Gasteiger partial charge in [0.15, 0.2) is 0 Å². The molecule has 0 amide bonds. The van der Waals surface area contributed by atoms with Gasteiger partial charge in [-0.05, 0) is 119 Å². The number of benzene rings is 7. The molecule has 0 nitrogen and oxygen atoms in total. The van der Waals surface area contributed by atoms with Crippen molar-refractivity contribution in [1.82, 2.24) is 0 Å². The molecule has 0 radical (unpaired) electrons. The van der Waals surface area contributed by atoms with Crippen molar-refractivity contribution < 1.29 is 0 Å². The van der Waals surface area contributed by atoms with E-state index in [9.17, 15) is 0 Å². The number of allylic oxidation sites excluding steroid dienone is 7. The van der Waals surface area contributed by atoms with Gasteiger partial charge in [-0.2, -0.15) is 0 Å². The van der Waals surface area contributed by atoms with Crippen LogP contribution in [0.4, 0.5) is 0 Å². The van der Waals surface area contributed by atoms with Crippen LogP contribution >= 0.6 is 0 Å². The van der Waals surface area contributed by atoms with Crippen LogP contribution in [-0.2, 0) is 6.42 Å². The van der Waals surface area contributed by atoms with Crippen LogP contribution in [0.25, 0.3) is 61.0 Å². The van der Waals surface area contributed by atoms with Crippen molar-refractivity contribution in [3.63, 3.8) is 0 Å². The highest BCUT2D eigenvalue weighted by Crippen LogP contribution is 2.56. The van der Waals surface area contributed by atoms with Crippen LogP contribution in [0, 0.1) is 0 Å². The summed E-state index contributed by atoms with van der Waals surface area (Å²) in [6.07, 6.45) is 10.7. The van der Waals surface area contributed by atoms with Gasteiger partial charge < -0.3 is 0 Å². The van der Waals surface area contributed by atoms with E-state index in [0.717, 1.165) is 6.42 Å². The largest absolute Gasteiger partial charge is 0.0753 e. The van der Waals surface area contributed by atoms with Crippen LogP contribution in [0.15, 0.2) is 181 Å². The first-order valence-corrected chi connectivity index (χ1v) is 16.9. The maximum Gasteiger partial charge on any atom is 0.0358 e. The van der Waals surface area contributed by atoms with Crippen molar-refractivity contribution in [2.45, 2.75) is 12.3 Å². The summed E-state index contributed by atoms with van der Waals surface area (Å²) >= 11 is 0. The Hall–Kier alpha value is -5.98. The Morgan fingerprint density at radius 2 is 1.19 bits per heavy atom. The average molecular weight is 609 g/mol. The molecule has 0 heterocycles. The molecule has 7 aromatic rings. The number of fused-ring (bicyclic) bond motifs is 2. The van der Waals surface area contributed by atoms with E-state index in [1.165, 1.54) is 93.9 Å². The summed E-state index contributed by atoms with van der Waals surface area (Å²) in [4.78, 5) is 0. The first-order chi connectivity index (χ1) is 23.8. The molecule has 1 unspecified atom stereocenters. The first-order valence-electron chi connectivity index (χ1n) is 16.9. The zero-order chi connectivity index (χ0) is 31.6. The van der Waals surface area contributed by atoms with Gasteiger partial charge in [0.1, 0.15) is 0 Å². The van der Waals surface area contributed by atoms with Gasteiger partial charge in [0.25, 0.3) is 0 Å². The van der Waals surface area contributed by atoms with Crippen molar-refractivity contribution in [1.29, 1.82) is 0 Å². The van der Waals surface area contributed by atoms with Crippen molar-refractivity contribution in [3.8, 4) is 22.3 Å². The minimum atomic E-state index is 0.146. The number of hydrogen-bond donors (Lipinski definition) is 0. The molecule has 0 bridgehead atoms. The number of hydrogen-bond acceptors (Lipinski definition) is 0. The minimum absolute atomic E-state index is 0.146. The van der Waals surface area contributed by atoms with Crippen molar-refractivity contribution >= 4 is 38.8 Å². The highest BCUT2D eigenvalue weighted by atomic mass is 14.4. The van der Waals surface area contributed by atoms with E-state index in [0.29, 0.717) is 0 Å². The van der Waals surface area contributed by atoms with Gasteiger partial charge in [0.2, 0.25) is 0 Å². The van der Waals surface area contributed by atoms with Gasteiger partial charge in [0, 0.05) is 5.92 Å². The van der Waals surface area contributed by atoms with E-state index in [1.807, 2.05) is 0 Å². The highest BCUT2D eigenvalue weighted by Gasteiger charge is 2.38. The summed E-state index contributed by atoms with van der Waals surface area (Å²) in [6.45, 7) is 0. The standard InChI is InChI=1S/C48H32/c1-3-13-33(14-4-1)43-29-45(36-23-22-31-12-7-8-18-35(31)28-36)41-25-24-40-44(34-15-5-2-6-16-34)30-46(42-27-26-39(43)47(41)48(40)42)38-21-11-19-32-17-9-10-20-37(32)38/h1-23,25-30,47H,24H2. The highest BCUT2D eigenvalue weighted by molar-refractivity contribution is 6.05. The van der Waals surface area contributed by atoms with Gasteiger partial charge >= 0.3 is 0 Å². The smallest absolute Gasteiger partial charge is 0.0358 e. The summed E-state index contributed by atoms with van der Waals surface area (Å²) in [5.41, 5.74) is 17.5. The Morgan fingerprint density at radius 1 is 0.479 bits per heavy atom. The normalized spacial score (nSPS) is 16.1. The topological polar surface area (TPSA) is 0 Å². The summed E-state index contributed by atoms with van der Waals surface area (Å²) in [5.74, 6) is 0.146. The fraction of sp³-hybridized carbons (Fsp3) is 0.0417. The second-order valence-corrected chi connectivity index (χ2v) is 13.2. The molecule has 0 heteroatoms. The third-order valence-electron chi connectivity index (χ3n) is 10.6. The van der Waals surface area contributed by atoms with E-state index in [-0.39, 0.29) is 5.92 Å². The molecular formula is C48H32. The molecule has 3 aliphatic carbocycles. The Balaban J connectivity index is 1.29. The summed E-state index contributed by atoms with van der Waals surface area (Å²) in [7, 11) is 0. The lowest BCUT2D eigenvalue weighted by molar-refractivity contribution is 0.904. The molecule has 7 aromatic carbocycles. The zero-order valence-corrected chi connectivity index (χ0v) is 26.5. The van der Waals surface area contributed by atoms with Crippen molar-refractivity contribution in [2.75, 3.05) is 0 Å². The summed E-state index contributed by atoms with van der Waals surface area (Å²) in [5, 5.41) is 5.11. The van der Waals surface area contributed by atoms with Crippen LogP contribution in [0.1, 0.15) is 33.7 Å². The first kappa shape index (κ1) is 27.2. The van der Waals surface area contributed by atoms with E-state index in [1.54, 1.807) is 0 Å². The van der Waals surface area contributed by atoms with Crippen molar-refractivity contribution in [2.24, 2.45) is 0 Å². The van der Waals surface area contributed by atoms with E-state index >= 15 is 0 Å². The molecule has 48 heavy (non-hydrogen) atoms. The molecule has 0 saturated carbocycles. The maximum atomic E-state index is 2.53. The lowest BCUT2D eigenvalue weighted by Gasteiger charge is -2.39. The quantitative estimate of drug-likeness (QED) is 0.186. The molecule has 0 aromatic heterocycles. The fourth-order valence-corrected chi connectivity index (χ4v) is 8.42. The molecular weight excluding hydrogens is 577 g/mol. The van der Waals surface area contributed by atoms with Gasteiger partial charge in [-0.15, -0.1) is 0 Å². The fourth-order valence-electron chi connectivity index (χ4n) is 8.42. The zero-order valence-electron chi connectivity index (χ0n) is 26.5. The predicted octanol–water partition coefficient (Wildman–Crippen LogP) is 12.5. The lowest BCUT2D eigenvalue weighted by Crippen LogP contribution is -2.22. The Morgan fingerprint density at radius 3 is 2.02 bits per heavy atom. The molecule has 1 atom stereocenters.